The summed E-state index contributed by atoms with van der Waals surface area (Å²) in [5.41, 5.74) is 5.34. The van der Waals surface area contributed by atoms with Crippen LogP contribution in [0.4, 0.5) is 5.69 Å². The Bertz CT molecular complexity index is 1050. The Balaban J connectivity index is 1.77. The van der Waals surface area contributed by atoms with E-state index in [9.17, 15) is 15.8 Å². The summed E-state index contributed by atoms with van der Waals surface area (Å²) in [5, 5.41) is 28.1. The highest BCUT2D eigenvalue weighted by molar-refractivity contribution is 5.70. The van der Waals surface area contributed by atoms with Crippen LogP contribution in [0.3, 0.4) is 0 Å². The second-order valence-electron chi connectivity index (χ2n) is 8.16. The molecule has 0 atom stereocenters. The minimum Gasteiger partial charge on any atom is -0.480 e. The monoisotopic (exact) mass is 382 g/mol. The molecule has 0 spiro atoms. The fourth-order valence-corrected chi connectivity index (χ4v) is 4.59. The van der Waals surface area contributed by atoms with Crippen LogP contribution in [-0.4, -0.2) is 18.7 Å². The zero-order valence-corrected chi connectivity index (χ0v) is 16.7. The Kier molecular flexibility index (Phi) is 4.65. The second-order valence-corrected chi connectivity index (χ2v) is 8.16. The highest BCUT2D eigenvalue weighted by Crippen LogP contribution is 2.41. The van der Waals surface area contributed by atoms with Crippen molar-refractivity contribution >= 4 is 11.8 Å². The molecule has 3 aliphatic rings. The molecule has 3 heterocycles. The lowest BCUT2D eigenvalue weighted by Gasteiger charge is -2.37. The van der Waals surface area contributed by atoms with Gasteiger partial charge >= 0.3 is 0 Å². The van der Waals surface area contributed by atoms with Gasteiger partial charge in [-0.2, -0.15) is 15.8 Å². The van der Waals surface area contributed by atoms with E-state index < -0.39 is 5.60 Å². The molecule has 0 radical (unpaired) electrons. The number of aryl methyl sites for hydroxylation is 2. The highest BCUT2D eigenvalue weighted by Gasteiger charge is 2.38. The van der Waals surface area contributed by atoms with E-state index in [2.05, 4.69) is 23.1 Å². The quantitative estimate of drug-likeness (QED) is 0.711. The van der Waals surface area contributed by atoms with E-state index in [4.69, 9.17) is 4.74 Å². The Morgan fingerprint density at radius 1 is 1.03 bits per heavy atom. The molecule has 0 saturated heterocycles. The average molecular weight is 382 g/mol. The standard InChI is InChI=1S/C24H22N4O/c1-24(2)21(20(15-27)23(29-24)19(13-25)14-26)8-7-16-11-17-5-3-9-28-10-4-6-18(12-16)22(17)28/h7-8,11-12H,3-6,9-10H2,1-2H3. The molecule has 0 fully saturated rings. The smallest absolute Gasteiger partial charge is 0.172 e. The molecule has 1 aromatic rings. The van der Waals surface area contributed by atoms with E-state index in [1.54, 1.807) is 0 Å². The molecule has 4 rings (SSSR count). The van der Waals surface area contributed by atoms with Gasteiger partial charge in [0.15, 0.2) is 11.3 Å². The fourth-order valence-electron chi connectivity index (χ4n) is 4.59. The van der Waals surface area contributed by atoms with Crippen molar-refractivity contribution in [2.75, 3.05) is 18.0 Å². The summed E-state index contributed by atoms with van der Waals surface area (Å²) in [6.07, 6.45) is 8.48. The first-order valence-corrected chi connectivity index (χ1v) is 9.96. The fraction of sp³-hybridized carbons (Fsp3) is 0.375. The molecule has 5 heteroatoms. The number of rotatable bonds is 2. The third-order valence-corrected chi connectivity index (χ3v) is 5.86. The normalized spacial score (nSPS) is 19.3. The van der Waals surface area contributed by atoms with E-state index >= 15 is 0 Å². The first-order chi connectivity index (χ1) is 14.0. The maximum atomic E-state index is 9.67. The summed E-state index contributed by atoms with van der Waals surface area (Å²) < 4.78 is 5.84. The molecular formula is C24H22N4O. The van der Waals surface area contributed by atoms with Crippen molar-refractivity contribution in [3.63, 3.8) is 0 Å². The van der Waals surface area contributed by atoms with Crippen molar-refractivity contribution in [2.45, 2.75) is 45.1 Å². The first-order valence-electron chi connectivity index (χ1n) is 9.96. The van der Waals surface area contributed by atoms with Gasteiger partial charge in [-0.1, -0.05) is 12.2 Å². The maximum Gasteiger partial charge on any atom is 0.172 e. The van der Waals surface area contributed by atoms with E-state index in [1.807, 2.05) is 38.1 Å². The molecule has 0 N–H and O–H groups in total. The van der Waals surface area contributed by atoms with E-state index in [0.29, 0.717) is 5.57 Å². The zero-order chi connectivity index (χ0) is 20.6. The summed E-state index contributed by atoms with van der Waals surface area (Å²) in [4.78, 5) is 2.51. The molecule has 29 heavy (non-hydrogen) atoms. The van der Waals surface area contributed by atoms with Gasteiger partial charge in [0, 0.05) is 24.4 Å². The number of hydrogen-bond acceptors (Lipinski definition) is 5. The molecule has 5 nitrogen and oxygen atoms in total. The van der Waals surface area contributed by atoms with Crippen molar-refractivity contribution < 1.29 is 4.74 Å². The first kappa shape index (κ1) is 18.9. The number of hydrogen-bond donors (Lipinski definition) is 0. The summed E-state index contributed by atoms with van der Waals surface area (Å²) >= 11 is 0. The van der Waals surface area contributed by atoms with Crippen molar-refractivity contribution in [3.8, 4) is 18.2 Å². The summed E-state index contributed by atoms with van der Waals surface area (Å²) in [6.45, 7) is 5.98. The third kappa shape index (κ3) is 3.18. The molecular weight excluding hydrogens is 360 g/mol. The van der Waals surface area contributed by atoms with Crippen molar-refractivity contribution in [1.29, 1.82) is 15.8 Å². The van der Waals surface area contributed by atoms with Crippen molar-refractivity contribution in [1.82, 2.24) is 0 Å². The van der Waals surface area contributed by atoms with Gasteiger partial charge in [-0.3, -0.25) is 0 Å². The maximum absolute atomic E-state index is 9.67. The van der Waals surface area contributed by atoms with Gasteiger partial charge < -0.3 is 9.64 Å². The van der Waals surface area contributed by atoms with Crippen LogP contribution in [0.5, 0.6) is 0 Å². The molecule has 0 aromatic heterocycles. The van der Waals surface area contributed by atoms with Gasteiger partial charge in [0.1, 0.15) is 29.4 Å². The van der Waals surface area contributed by atoms with Gasteiger partial charge in [-0.15, -0.1) is 0 Å². The molecule has 3 aliphatic heterocycles. The lowest BCUT2D eigenvalue weighted by Crippen LogP contribution is -2.34. The summed E-state index contributed by atoms with van der Waals surface area (Å²) in [7, 11) is 0. The largest absolute Gasteiger partial charge is 0.480 e. The number of allylic oxidation sites excluding steroid dienone is 2. The number of nitrogens with zero attached hydrogens (tertiary/aromatic N) is 4. The minimum atomic E-state index is -0.783. The van der Waals surface area contributed by atoms with Crippen LogP contribution in [0.2, 0.25) is 0 Å². The molecule has 0 amide bonds. The van der Waals surface area contributed by atoms with Crippen molar-refractivity contribution in [3.05, 3.63) is 57.4 Å². The lowest BCUT2D eigenvalue weighted by atomic mass is 9.89. The van der Waals surface area contributed by atoms with Crippen LogP contribution in [-0.2, 0) is 17.6 Å². The van der Waals surface area contributed by atoms with Crippen LogP contribution in [0, 0.1) is 34.0 Å². The van der Waals surface area contributed by atoms with E-state index in [0.717, 1.165) is 31.5 Å². The molecule has 0 aliphatic carbocycles. The number of anilines is 1. The molecule has 0 bridgehead atoms. The Morgan fingerprint density at radius 3 is 2.21 bits per heavy atom. The van der Waals surface area contributed by atoms with Crippen LogP contribution in [0.1, 0.15) is 43.4 Å². The van der Waals surface area contributed by atoms with Gasteiger partial charge in [-0.25, -0.2) is 0 Å². The van der Waals surface area contributed by atoms with E-state index in [-0.39, 0.29) is 16.9 Å². The van der Waals surface area contributed by atoms with Crippen LogP contribution in [0.25, 0.3) is 6.08 Å². The predicted molar refractivity (Wildman–Crippen MR) is 110 cm³/mol. The number of ether oxygens (including phenoxy) is 1. The Morgan fingerprint density at radius 2 is 1.66 bits per heavy atom. The minimum absolute atomic E-state index is 0.0818. The lowest BCUT2D eigenvalue weighted by molar-refractivity contribution is 0.0954. The van der Waals surface area contributed by atoms with Crippen LogP contribution >= 0.6 is 0 Å². The summed E-state index contributed by atoms with van der Waals surface area (Å²) in [6, 6.07) is 10.3. The molecule has 144 valence electrons. The zero-order valence-electron chi connectivity index (χ0n) is 16.7. The van der Waals surface area contributed by atoms with Gasteiger partial charge in [0.05, 0.1) is 0 Å². The van der Waals surface area contributed by atoms with Gasteiger partial charge in [0.25, 0.3) is 0 Å². The van der Waals surface area contributed by atoms with Crippen molar-refractivity contribution in [2.24, 2.45) is 0 Å². The van der Waals surface area contributed by atoms with Gasteiger partial charge in [0.2, 0.25) is 0 Å². The second kappa shape index (κ2) is 7.16. The molecule has 0 unspecified atom stereocenters. The predicted octanol–water partition coefficient (Wildman–Crippen LogP) is 4.33. The molecule has 0 saturated carbocycles. The van der Waals surface area contributed by atoms with Gasteiger partial charge in [-0.05, 0) is 68.4 Å². The molecule has 1 aromatic carbocycles. The van der Waals surface area contributed by atoms with Crippen LogP contribution in [0.15, 0.2) is 40.7 Å². The SMILES string of the molecule is CC1(C)OC(=C(C#N)C#N)C(C#N)=C1C=Cc1cc2c3c(c1)CCCN3CCC2. The number of benzene rings is 1. The third-order valence-electron chi connectivity index (χ3n) is 5.86. The number of nitriles is 3. The summed E-state index contributed by atoms with van der Waals surface area (Å²) in [5.74, 6) is 0.0818. The van der Waals surface area contributed by atoms with Crippen LogP contribution < -0.4 is 4.90 Å². The topological polar surface area (TPSA) is 83.8 Å². The Hall–Kier alpha value is -3.49. The Labute approximate surface area is 171 Å². The highest BCUT2D eigenvalue weighted by atomic mass is 16.5. The average Bonchev–Trinajstić information content (AvgIpc) is 2.97. The van der Waals surface area contributed by atoms with E-state index in [1.165, 1.54) is 29.7 Å².